The molecule has 18 heavy (non-hydrogen) atoms. The summed E-state index contributed by atoms with van der Waals surface area (Å²) >= 11 is 0. The first kappa shape index (κ1) is 11.8. The first-order chi connectivity index (χ1) is 8.63. The first-order valence-electron chi connectivity index (χ1n) is 5.16. The zero-order chi connectivity index (χ0) is 13.1. The maximum absolute atomic E-state index is 11.6. The third-order valence-electron chi connectivity index (χ3n) is 2.41. The Morgan fingerprint density at radius 3 is 2.78 bits per heavy atom. The van der Waals surface area contributed by atoms with Crippen LogP contribution in [-0.4, -0.2) is 22.8 Å². The van der Waals surface area contributed by atoms with Gasteiger partial charge in [0.15, 0.2) is 0 Å². The highest BCUT2D eigenvalue weighted by Gasteiger charge is 2.11. The Morgan fingerprint density at radius 2 is 2.17 bits per heavy atom. The number of hydrogen-bond donors (Lipinski definition) is 1. The van der Waals surface area contributed by atoms with Gasteiger partial charge < -0.3 is 10.5 Å². The van der Waals surface area contributed by atoms with Crippen molar-refractivity contribution < 1.29 is 9.53 Å². The molecule has 2 N–H and O–H groups in total. The normalized spacial score (nSPS) is 10.1. The molecule has 1 amide bonds. The summed E-state index contributed by atoms with van der Waals surface area (Å²) in [5.74, 6) is -0.270. The van der Waals surface area contributed by atoms with Crippen LogP contribution in [0.5, 0.6) is 5.75 Å². The molecule has 0 bridgehead atoms. The SMILES string of the molecule is COc1ccc(-n2ncccc2=O)cc1C(N)=O. The van der Waals surface area contributed by atoms with Gasteiger partial charge in [-0.2, -0.15) is 9.78 Å². The number of carbonyl (C=O) groups excluding carboxylic acids is 1. The smallest absolute Gasteiger partial charge is 0.271 e. The predicted molar refractivity (Wildman–Crippen MR) is 64.9 cm³/mol. The van der Waals surface area contributed by atoms with Gasteiger partial charge in [-0.25, -0.2) is 0 Å². The molecule has 2 rings (SSSR count). The first-order valence-corrected chi connectivity index (χ1v) is 5.16. The molecule has 1 aromatic heterocycles. The average Bonchev–Trinajstić information content (AvgIpc) is 2.38. The van der Waals surface area contributed by atoms with Gasteiger partial charge in [-0.3, -0.25) is 9.59 Å². The number of carbonyl (C=O) groups is 1. The van der Waals surface area contributed by atoms with Crippen molar-refractivity contribution in [3.8, 4) is 11.4 Å². The summed E-state index contributed by atoms with van der Waals surface area (Å²) in [7, 11) is 1.44. The summed E-state index contributed by atoms with van der Waals surface area (Å²) in [4.78, 5) is 22.9. The van der Waals surface area contributed by atoms with E-state index in [0.717, 1.165) is 0 Å². The Hall–Kier alpha value is -2.63. The molecule has 0 radical (unpaired) electrons. The molecule has 0 spiro atoms. The van der Waals surface area contributed by atoms with E-state index in [1.807, 2.05) is 0 Å². The second-order valence-corrected chi connectivity index (χ2v) is 3.52. The van der Waals surface area contributed by atoms with Crippen LogP contribution in [0.25, 0.3) is 5.69 Å². The topological polar surface area (TPSA) is 87.2 Å². The van der Waals surface area contributed by atoms with Gasteiger partial charge in [-0.1, -0.05) is 0 Å². The number of rotatable bonds is 3. The number of nitrogens with zero attached hydrogens (tertiary/aromatic N) is 2. The summed E-state index contributed by atoms with van der Waals surface area (Å²) in [5, 5.41) is 3.92. The van der Waals surface area contributed by atoms with E-state index in [2.05, 4.69) is 5.10 Å². The van der Waals surface area contributed by atoms with Crippen molar-refractivity contribution in [2.75, 3.05) is 7.11 Å². The lowest BCUT2D eigenvalue weighted by Gasteiger charge is -2.08. The van der Waals surface area contributed by atoms with Crippen LogP contribution in [-0.2, 0) is 0 Å². The second kappa shape index (κ2) is 4.70. The molecule has 0 aliphatic carbocycles. The van der Waals surface area contributed by atoms with Gasteiger partial charge >= 0.3 is 0 Å². The van der Waals surface area contributed by atoms with Crippen molar-refractivity contribution in [3.63, 3.8) is 0 Å². The fourth-order valence-electron chi connectivity index (χ4n) is 1.57. The number of aromatic nitrogens is 2. The molecule has 2 aromatic rings. The third kappa shape index (κ3) is 2.08. The molecule has 0 aliphatic heterocycles. The highest BCUT2D eigenvalue weighted by molar-refractivity contribution is 5.96. The largest absolute Gasteiger partial charge is 0.496 e. The quantitative estimate of drug-likeness (QED) is 0.844. The minimum absolute atomic E-state index is 0.201. The number of amides is 1. The van der Waals surface area contributed by atoms with Crippen molar-refractivity contribution in [2.45, 2.75) is 0 Å². The van der Waals surface area contributed by atoms with Crippen LogP contribution in [0.1, 0.15) is 10.4 Å². The van der Waals surface area contributed by atoms with Gasteiger partial charge in [0, 0.05) is 12.3 Å². The standard InChI is InChI=1S/C12H11N3O3/c1-18-10-5-4-8(7-9(10)12(13)17)15-11(16)3-2-6-14-15/h2-7H,1H3,(H2,13,17). The second-order valence-electron chi connectivity index (χ2n) is 3.52. The highest BCUT2D eigenvalue weighted by atomic mass is 16.5. The molecule has 0 saturated heterocycles. The summed E-state index contributed by atoms with van der Waals surface area (Å²) in [6.07, 6.45) is 1.48. The van der Waals surface area contributed by atoms with E-state index in [0.29, 0.717) is 11.4 Å². The van der Waals surface area contributed by atoms with E-state index in [1.54, 1.807) is 12.1 Å². The highest BCUT2D eigenvalue weighted by Crippen LogP contribution is 2.20. The van der Waals surface area contributed by atoms with Crippen LogP contribution in [0.15, 0.2) is 41.3 Å². The molecule has 0 unspecified atom stereocenters. The number of benzene rings is 1. The molecule has 1 heterocycles. The minimum atomic E-state index is -0.627. The molecular formula is C12H11N3O3. The van der Waals surface area contributed by atoms with E-state index in [1.165, 1.54) is 36.2 Å². The maximum Gasteiger partial charge on any atom is 0.271 e. The van der Waals surface area contributed by atoms with Crippen molar-refractivity contribution in [1.29, 1.82) is 0 Å². The summed E-state index contributed by atoms with van der Waals surface area (Å²) in [5.41, 5.74) is 5.61. The van der Waals surface area contributed by atoms with E-state index in [9.17, 15) is 9.59 Å². The van der Waals surface area contributed by atoms with E-state index >= 15 is 0 Å². The number of methoxy groups -OCH3 is 1. The zero-order valence-corrected chi connectivity index (χ0v) is 9.66. The monoisotopic (exact) mass is 245 g/mol. The third-order valence-corrected chi connectivity index (χ3v) is 2.41. The number of ether oxygens (including phenoxy) is 1. The molecule has 6 nitrogen and oxygen atoms in total. The Morgan fingerprint density at radius 1 is 1.39 bits per heavy atom. The summed E-state index contributed by atoms with van der Waals surface area (Å²) in [6.45, 7) is 0. The van der Waals surface area contributed by atoms with Crippen molar-refractivity contribution in [3.05, 3.63) is 52.4 Å². The number of hydrogen-bond acceptors (Lipinski definition) is 4. The van der Waals surface area contributed by atoms with Gasteiger partial charge in [0.1, 0.15) is 5.75 Å². The molecule has 0 atom stereocenters. The van der Waals surface area contributed by atoms with Crippen molar-refractivity contribution in [1.82, 2.24) is 9.78 Å². The molecular weight excluding hydrogens is 234 g/mol. The van der Waals surface area contributed by atoms with Gasteiger partial charge in [0.2, 0.25) is 0 Å². The summed E-state index contributed by atoms with van der Waals surface area (Å²) < 4.78 is 6.19. The molecule has 6 heteroatoms. The van der Waals surface area contributed by atoms with Crippen LogP contribution in [0.3, 0.4) is 0 Å². The van der Waals surface area contributed by atoms with Gasteiger partial charge in [0.05, 0.1) is 18.4 Å². The Balaban J connectivity index is 2.61. The lowest BCUT2D eigenvalue weighted by molar-refractivity contribution is 0.0997. The van der Waals surface area contributed by atoms with Crippen molar-refractivity contribution >= 4 is 5.91 Å². The summed E-state index contributed by atoms with van der Waals surface area (Å²) in [6, 6.07) is 7.57. The maximum atomic E-state index is 11.6. The number of primary amides is 1. The molecule has 0 aliphatic rings. The average molecular weight is 245 g/mol. The van der Waals surface area contributed by atoms with Gasteiger partial charge in [-0.05, 0) is 24.3 Å². The molecule has 1 aromatic carbocycles. The van der Waals surface area contributed by atoms with Crippen LogP contribution < -0.4 is 16.0 Å². The van der Waals surface area contributed by atoms with Crippen molar-refractivity contribution in [2.24, 2.45) is 5.73 Å². The van der Waals surface area contributed by atoms with Gasteiger partial charge in [-0.15, -0.1) is 0 Å². The van der Waals surface area contributed by atoms with Gasteiger partial charge in [0.25, 0.3) is 11.5 Å². The zero-order valence-electron chi connectivity index (χ0n) is 9.66. The Labute approximate surface area is 103 Å². The Bertz CT molecular complexity index is 649. The van der Waals surface area contributed by atoms with Crippen LogP contribution in [0, 0.1) is 0 Å². The lowest BCUT2D eigenvalue weighted by Crippen LogP contribution is -2.20. The fraction of sp³-hybridized carbons (Fsp3) is 0.0833. The van der Waals surface area contributed by atoms with E-state index in [4.69, 9.17) is 10.5 Å². The Kier molecular flexibility index (Phi) is 3.09. The minimum Gasteiger partial charge on any atom is -0.496 e. The van der Waals surface area contributed by atoms with Crippen LogP contribution >= 0.6 is 0 Å². The predicted octanol–water partition coefficient (Wildman–Crippen LogP) is 0.340. The number of nitrogens with two attached hydrogens (primary N) is 1. The molecule has 92 valence electrons. The van der Waals surface area contributed by atoms with E-state index < -0.39 is 5.91 Å². The molecule has 0 fully saturated rings. The van der Waals surface area contributed by atoms with Crippen LogP contribution in [0.4, 0.5) is 0 Å². The molecule has 0 saturated carbocycles. The van der Waals surface area contributed by atoms with E-state index in [-0.39, 0.29) is 11.1 Å². The lowest BCUT2D eigenvalue weighted by atomic mass is 10.1. The fourth-order valence-corrected chi connectivity index (χ4v) is 1.57. The van der Waals surface area contributed by atoms with Crippen LogP contribution in [0.2, 0.25) is 0 Å².